The molecule has 1 aliphatic heterocycles. The predicted octanol–water partition coefficient (Wildman–Crippen LogP) is 1.16. The van der Waals surface area contributed by atoms with E-state index in [1.54, 1.807) is 18.3 Å². The molecule has 4 nitrogen and oxygen atoms in total. The highest BCUT2D eigenvalue weighted by Gasteiger charge is 2.19. The summed E-state index contributed by atoms with van der Waals surface area (Å²) < 4.78 is 0. The Balaban J connectivity index is 1.80. The van der Waals surface area contributed by atoms with E-state index in [4.69, 9.17) is 5.73 Å². The van der Waals surface area contributed by atoms with Crippen LogP contribution in [0.15, 0.2) is 11.4 Å². The minimum absolute atomic E-state index is 0.0739. The topological polar surface area (TPSA) is 58.4 Å². The monoisotopic (exact) mass is 291 g/mol. The van der Waals surface area contributed by atoms with Crippen molar-refractivity contribution in [2.75, 3.05) is 19.6 Å². The maximum absolute atomic E-state index is 11.0. The lowest BCUT2D eigenvalue weighted by atomic mass is 10.1. The molecule has 0 saturated carbocycles. The Morgan fingerprint density at radius 2 is 2.30 bits per heavy atom. The highest BCUT2D eigenvalue weighted by atomic mass is 32.1. The van der Waals surface area contributed by atoms with Crippen LogP contribution in [0.4, 0.5) is 0 Å². The molecule has 1 aliphatic rings. The molecule has 20 heavy (non-hydrogen) atoms. The van der Waals surface area contributed by atoms with E-state index in [1.807, 2.05) is 0 Å². The zero-order valence-corrected chi connectivity index (χ0v) is 12.6. The summed E-state index contributed by atoms with van der Waals surface area (Å²) in [5.41, 5.74) is 6.43. The summed E-state index contributed by atoms with van der Waals surface area (Å²) in [5.74, 6) is 6.01. The van der Waals surface area contributed by atoms with Gasteiger partial charge in [0.1, 0.15) is 0 Å². The molecule has 1 aromatic heterocycles. The molecule has 2 heterocycles. The number of thiophene rings is 1. The molecule has 0 aliphatic carbocycles. The lowest BCUT2D eigenvalue weighted by Gasteiger charge is -2.31. The van der Waals surface area contributed by atoms with Gasteiger partial charge in [0.15, 0.2) is 0 Å². The number of nitrogens with two attached hydrogens (primary N) is 1. The molecule has 0 unspecified atom stereocenters. The maximum Gasteiger partial charge on any atom is 0.217 e. The Bertz CT molecular complexity index is 507. The van der Waals surface area contributed by atoms with E-state index in [0.29, 0.717) is 12.6 Å². The van der Waals surface area contributed by atoms with Crippen molar-refractivity contribution in [3.8, 4) is 11.8 Å². The number of likely N-dealkylation sites (tertiary alicyclic amines) is 1. The van der Waals surface area contributed by atoms with Crippen LogP contribution >= 0.6 is 11.3 Å². The lowest BCUT2D eigenvalue weighted by molar-refractivity contribution is -0.119. The van der Waals surface area contributed by atoms with Crippen LogP contribution in [-0.2, 0) is 11.3 Å². The highest BCUT2D eigenvalue weighted by Crippen LogP contribution is 2.19. The molecule has 3 N–H and O–H groups in total. The molecular formula is C15H21N3OS. The van der Waals surface area contributed by atoms with Crippen LogP contribution in [0.2, 0.25) is 0 Å². The van der Waals surface area contributed by atoms with E-state index in [2.05, 4.69) is 33.5 Å². The Morgan fingerprint density at radius 1 is 1.55 bits per heavy atom. The predicted molar refractivity (Wildman–Crippen MR) is 82.4 cm³/mol. The number of hydrogen-bond acceptors (Lipinski definition) is 4. The number of nitrogens with one attached hydrogen (secondary N) is 1. The van der Waals surface area contributed by atoms with Crippen molar-refractivity contribution in [2.45, 2.75) is 32.4 Å². The zero-order valence-electron chi connectivity index (χ0n) is 11.8. The van der Waals surface area contributed by atoms with Crippen molar-refractivity contribution in [2.24, 2.45) is 5.73 Å². The fourth-order valence-corrected chi connectivity index (χ4v) is 3.28. The summed E-state index contributed by atoms with van der Waals surface area (Å²) in [5, 5.41) is 5.09. The molecule has 0 spiro atoms. The van der Waals surface area contributed by atoms with E-state index in [0.717, 1.165) is 38.0 Å². The fourth-order valence-electron chi connectivity index (χ4n) is 2.43. The third kappa shape index (κ3) is 4.64. The molecule has 1 fully saturated rings. The van der Waals surface area contributed by atoms with Gasteiger partial charge in [-0.3, -0.25) is 9.69 Å². The minimum atomic E-state index is 0.0739. The molecule has 1 aromatic rings. The van der Waals surface area contributed by atoms with Crippen LogP contribution in [0.3, 0.4) is 0 Å². The SMILES string of the molecule is CC(=O)NC1CCN(Cc2cc(C#CCN)cs2)CC1. The van der Waals surface area contributed by atoms with Gasteiger partial charge >= 0.3 is 0 Å². The first-order chi connectivity index (χ1) is 9.67. The van der Waals surface area contributed by atoms with Crippen molar-refractivity contribution in [1.29, 1.82) is 0 Å². The maximum atomic E-state index is 11.0. The third-order valence-electron chi connectivity index (χ3n) is 3.36. The zero-order chi connectivity index (χ0) is 14.4. The van der Waals surface area contributed by atoms with Crippen LogP contribution < -0.4 is 11.1 Å². The van der Waals surface area contributed by atoms with Gasteiger partial charge < -0.3 is 11.1 Å². The van der Waals surface area contributed by atoms with Gasteiger partial charge in [-0.25, -0.2) is 0 Å². The Labute approximate surface area is 124 Å². The van der Waals surface area contributed by atoms with Gasteiger partial charge in [0.05, 0.1) is 6.54 Å². The van der Waals surface area contributed by atoms with E-state index in [1.165, 1.54) is 4.88 Å². The number of piperidine rings is 1. The van der Waals surface area contributed by atoms with Gasteiger partial charge in [-0.2, -0.15) is 0 Å². The van der Waals surface area contributed by atoms with Crippen LogP contribution in [0.25, 0.3) is 0 Å². The number of carbonyl (C=O) groups excluding carboxylic acids is 1. The van der Waals surface area contributed by atoms with E-state index in [9.17, 15) is 4.79 Å². The van der Waals surface area contributed by atoms with Crippen LogP contribution in [0, 0.1) is 11.8 Å². The highest BCUT2D eigenvalue weighted by molar-refractivity contribution is 7.10. The van der Waals surface area contributed by atoms with Gasteiger partial charge in [-0.1, -0.05) is 11.8 Å². The summed E-state index contributed by atoms with van der Waals surface area (Å²) in [7, 11) is 0. The van der Waals surface area contributed by atoms with Crippen LogP contribution in [0.5, 0.6) is 0 Å². The molecule has 1 amide bonds. The first-order valence-electron chi connectivity index (χ1n) is 6.93. The van der Waals surface area contributed by atoms with Gasteiger partial charge in [-0.15, -0.1) is 11.3 Å². The summed E-state index contributed by atoms with van der Waals surface area (Å²) in [4.78, 5) is 14.8. The molecule has 0 bridgehead atoms. The number of nitrogens with zero attached hydrogens (tertiary/aromatic N) is 1. The van der Waals surface area contributed by atoms with Crippen LogP contribution in [0.1, 0.15) is 30.2 Å². The van der Waals surface area contributed by atoms with Crippen molar-refractivity contribution < 1.29 is 4.79 Å². The van der Waals surface area contributed by atoms with Crippen molar-refractivity contribution in [3.05, 3.63) is 21.9 Å². The summed E-state index contributed by atoms with van der Waals surface area (Å²) in [6.07, 6.45) is 2.07. The minimum Gasteiger partial charge on any atom is -0.354 e. The molecule has 0 radical (unpaired) electrons. The van der Waals surface area contributed by atoms with Gasteiger partial charge in [0.2, 0.25) is 5.91 Å². The summed E-state index contributed by atoms with van der Waals surface area (Å²) in [6.45, 7) is 5.03. The largest absolute Gasteiger partial charge is 0.354 e. The molecule has 1 saturated heterocycles. The third-order valence-corrected chi connectivity index (χ3v) is 4.28. The second-order valence-electron chi connectivity index (χ2n) is 5.06. The quantitative estimate of drug-likeness (QED) is 0.822. The number of rotatable bonds is 3. The van der Waals surface area contributed by atoms with E-state index < -0.39 is 0 Å². The van der Waals surface area contributed by atoms with Crippen LogP contribution in [-0.4, -0.2) is 36.5 Å². The molecule has 108 valence electrons. The first-order valence-corrected chi connectivity index (χ1v) is 7.81. The van der Waals surface area contributed by atoms with Gasteiger partial charge in [-0.05, 0) is 18.9 Å². The van der Waals surface area contributed by atoms with E-state index in [-0.39, 0.29) is 5.91 Å². The number of carbonyl (C=O) groups is 1. The molecule has 0 atom stereocenters. The standard InChI is InChI=1S/C15H21N3OS/c1-12(19)17-14-4-7-18(8-5-14)10-15-9-13(11-20-15)3-2-6-16/h9,11,14H,4-8,10,16H2,1H3,(H,17,19). The Kier molecular flexibility index (Phi) is 5.60. The fraction of sp³-hybridized carbons (Fsp3) is 0.533. The molecule has 2 rings (SSSR count). The normalized spacial score (nSPS) is 16.5. The van der Waals surface area contributed by atoms with Gasteiger partial charge in [0, 0.05) is 48.4 Å². The Hall–Kier alpha value is -1.35. The average molecular weight is 291 g/mol. The van der Waals surface area contributed by atoms with E-state index >= 15 is 0 Å². The average Bonchev–Trinajstić information content (AvgIpc) is 2.86. The number of amides is 1. The second kappa shape index (κ2) is 7.44. The van der Waals surface area contributed by atoms with Crippen molar-refractivity contribution in [1.82, 2.24) is 10.2 Å². The second-order valence-corrected chi connectivity index (χ2v) is 6.05. The summed E-state index contributed by atoms with van der Waals surface area (Å²) >= 11 is 1.75. The smallest absolute Gasteiger partial charge is 0.217 e. The Morgan fingerprint density at radius 3 is 2.95 bits per heavy atom. The first kappa shape index (κ1) is 15.0. The summed E-state index contributed by atoms with van der Waals surface area (Å²) in [6, 6.07) is 2.49. The van der Waals surface area contributed by atoms with Crippen molar-refractivity contribution in [3.63, 3.8) is 0 Å². The van der Waals surface area contributed by atoms with Crippen molar-refractivity contribution >= 4 is 17.2 Å². The van der Waals surface area contributed by atoms with Gasteiger partial charge in [0.25, 0.3) is 0 Å². The lowest BCUT2D eigenvalue weighted by Crippen LogP contribution is -2.43. The molecule has 0 aromatic carbocycles. The molecular weight excluding hydrogens is 270 g/mol. The molecule has 5 heteroatoms. The number of hydrogen-bond donors (Lipinski definition) is 2.